The van der Waals surface area contributed by atoms with E-state index in [4.69, 9.17) is 5.73 Å². The van der Waals surface area contributed by atoms with Gasteiger partial charge in [0.1, 0.15) is 0 Å². The van der Waals surface area contributed by atoms with E-state index in [1.807, 2.05) is 20.8 Å². The molecule has 108 valence electrons. The lowest BCUT2D eigenvalue weighted by molar-refractivity contribution is 0.0942. The van der Waals surface area contributed by atoms with E-state index < -0.39 is 0 Å². The molecule has 2 aromatic heterocycles. The van der Waals surface area contributed by atoms with Crippen LogP contribution in [0.5, 0.6) is 0 Å². The molecule has 0 unspecified atom stereocenters. The molecule has 0 aliphatic carbocycles. The highest BCUT2D eigenvalue weighted by Gasteiger charge is 2.21. The monoisotopic (exact) mass is 275 g/mol. The lowest BCUT2D eigenvalue weighted by atomic mass is 9.94. The Morgan fingerprint density at radius 3 is 2.80 bits per heavy atom. The molecule has 0 bridgehead atoms. The predicted octanol–water partition coefficient (Wildman–Crippen LogP) is 1.51. The van der Waals surface area contributed by atoms with Crippen molar-refractivity contribution in [3.8, 4) is 0 Å². The van der Waals surface area contributed by atoms with Crippen LogP contribution in [0.2, 0.25) is 0 Å². The molecule has 4 N–H and O–H groups in total. The summed E-state index contributed by atoms with van der Waals surface area (Å²) in [6.45, 7) is 6.41. The molecular weight excluding hydrogens is 254 g/mol. The third kappa shape index (κ3) is 2.80. The number of amides is 1. The fourth-order valence-corrected chi connectivity index (χ4v) is 2.00. The van der Waals surface area contributed by atoms with Crippen molar-refractivity contribution in [2.24, 2.45) is 5.73 Å². The van der Waals surface area contributed by atoms with E-state index in [0.29, 0.717) is 17.8 Å². The topological polar surface area (TPSA) is 96.7 Å². The van der Waals surface area contributed by atoms with Crippen molar-refractivity contribution in [1.82, 2.24) is 20.5 Å². The number of pyridine rings is 1. The highest BCUT2D eigenvalue weighted by Crippen LogP contribution is 2.15. The molecule has 6 heteroatoms. The van der Waals surface area contributed by atoms with E-state index >= 15 is 0 Å². The van der Waals surface area contributed by atoms with Crippen molar-refractivity contribution in [2.45, 2.75) is 39.2 Å². The van der Waals surface area contributed by atoms with Crippen molar-refractivity contribution < 1.29 is 4.79 Å². The number of aryl methyl sites for hydroxylation is 1. The lowest BCUT2D eigenvalue weighted by Gasteiger charge is -2.26. The van der Waals surface area contributed by atoms with E-state index in [9.17, 15) is 4.79 Å². The highest BCUT2D eigenvalue weighted by atomic mass is 16.1. The van der Waals surface area contributed by atoms with Crippen molar-refractivity contribution >= 4 is 16.9 Å². The molecule has 2 heterocycles. The smallest absolute Gasteiger partial charge is 0.252 e. The molecule has 0 aliphatic rings. The van der Waals surface area contributed by atoms with E-state index in [2.05, 4.69) is 20.5 Å². The molecule has 6 nitrogen and oxygen atoms in total. The first kappa shape index (κ1) is 14.5. The molecule has 20 heavy (non-hydrogen) atoms. The molecule has 0 radical (unpaired) electrons. The number of nitrogens with one attached hydrogen (secondary N) is 2. The zero-order chi connectivity index (χ0) is 14.8. The number of carbonyl (C=O) groups is 1. The standard InChI is InChI=1S/C14H21N5O/c1-4-14(15,5-2)8-17-13(20)10-6-11-9(3)18-19-12(11)16-7-10/h6-7H,4-5,8,15H2,1-3H3,(H,17,20)(H,16,18,19). The molecule has 0 atom stereocenters. The van der Waals surface area contributed by atoms with Gasteiger partial charge < -0.3 is 11.1 Å². The number of carbonyl (C=O) groups excluding carboxylic acids is 1. The Balaban J connectivity index is 2.13. The fraction of sp³-hybridized carbons (Fsp3) is 0.500. The Labute approximate surface area is 118 Å². The van der Waals surface area contributed by atoms with Gasteiger partial charge in [-0.15, -0.1) is 0 Å². The van der Waals surface area contributed by atoms with Gasteiger partial charge in [0.05, 0.1) is 5.56 Å². The Morgan fingerprint density at radius 1 is 1.45 bits per heavy atom. The first-order valence-corrected chi connectivity index (χ1v) is 6.87. The summed E-state index contributed by atoms with van der Waals surface area (Å²) in [5, 5.41) is 10.6. The quantitative estimate of drug-likeness (QED) is 0.770. The zero-order valence-electron chi connectivity index (χ0n) is 12.2. The van der Waals surface area contributed by atoms with E-state index in [0.717, 1.165) is 23.9 Å². The molecule has 0 saturated heterocycles. The first-order valence-electron chi connectivity index (χ1n) is 6.87. The SMILES string of the molecule is CCC(N)(CC)CNC(=O)c1cnc2n[nH]c(C)c2c1. The minimum Gasteiger partial charge on any atom is -0.350 e. The molecule has 2 rings (SSSR count). The number of rotatable bonds is 5. The number of hydrogen-bond acceptors (Lipinski definition) is 4. The zero-order valence-corrected chi connectivity index (χ0v) is 12.2. The lowest BCUT2D eigenvalue weighted by Crippen LogP contribution is -2.49. The van der Waals surface area contributed by atoms with Crippen molar-refractivity contribution in [3.63, 3.8) is 0 Å². The minimum absolute atomic E-state index is 0.156. The third-order valence-electron chi connectivity index (χ3n) is 3.87. The molecule has 1 amide bonds. The maximum Gasteiger partial charge on any atom is 0.252 e. The van der Waals surface area contributed by atoms with Crippen LogP contribution in [-0.2, 0) is 0 Å². The Kier molecular flexibility index (Phi) is 4.04. The maximum atomic E-state index is 12.2. The van der Waals surface area contributed by atoms with Crippen LogP contribution in [0.4, 0.5) is 0 Å². The number of aromatic amines is 1. The fourth-order valence-electron chi connectivity index (χ4n) is 2.00. The van der Waals surface area contributed by atoms with Gasteiger partial charge in [0, 0.05) is 29.4 Å². The van der Waals surface area contributed by atoms with Gasteiger partial charge in [0.2, 0.25) is 0 Å². The summed E-state index contributed by atoms with van der Waals surface area (Å²) >= 11 is 0. The number of fused-ring (bicyclic) bond motifs is 1. The van der Waals surface area contributed by atoms with Crippen molar-refractivity contribution in [1.29, 1.82) is 0 Å². The maximum absolute atomic E-state index is 12.2. The molecule has 0 fully saturated rings. The molecule has 0 aliphatic heterocycles. The number of hydrogen-bond donors (Lipinski definition) is 3. The number of H-pyrrole nitrogens is 1. The van der Waals surface area contributed by atoms with Gasteiger partial charge in [-0.1, -0.05) is 13.8 Å². The number of nitrogens with two attached hydrogens (primary N) is 1. The molecule has 2 aromatic rings. The summed E-state index contributed by atoms with van der Waals surface area (Å²) in [5.74, 6) is -0.156. The average Bonchev–Trinajstić information content (AvgIpc) is 2.85. The summed E-state index contributed by atoms with van der Waals surface area (Å²) in [6, 6.07) is 1.80. The summed E-state index contributed by atoms with van der Waals surface area (Å²) in [5.41, 5.74) is 7.87. The van der Waals surface area contributed by atoms with E-state index in [-0.39, 0.29) is 11.4 Å². The van der Waals surface area contributed by atoms with Crippen LogP contribution in [-0.4, -0.2) is 33.2 Å². The Morgan fingerprint density at radius 2 is 2.15 bits per heavy atom. The molecular formula is C14H21N5O. The van der Waals surface area contributed by atoms with Crippen molar-refractivity contribution in [3.05, 3.63) is 23.5 Å². The number of nitrogens with zero attached hydrogens (tertiary/aromatic N) is 2. The number of aromatic nitrogens is 3. The summed E-state index contributed by atoms with van der Waals surface area (Å²) in [4.78, 5) is 16.3. The van der Waals surface area contributed by atoms with Crippen LogP contribution in [0.3, 0.4) is 0 Å². The Hall–Kier alpha value is -1.95. The second kappa shape index (κ2) is 5.58. The summed E-state index contributed by atoms with van der Waals surface area (Å²) in [7, 11) is 0. The highest BCUT2D eigenvalue weighted by molar-refractivity contribution is 5.97. The summed E-state index contributed by atoms with van der Waals surface area (Å²) < 4.78 is 0. The molecule has 0 spiro atoms. The second-order valence-corrected chi connectivity index (χ2v) is 5.20. The van der Waals surface area contributed by atoms with Gasteiger partial charge in [-0.25, -0.2) is 4.98 Å². The predicted molar refractivity (Wildman–Crippen MR) is 78.5 cm³/mol. The van der Waals surface area contributed by atoms with Crippen LogP contribution >= 0.6 is 0 Å². The second-order valence-electron chi connectivity index (χ2n) is 5.20. The largest absolute Gasteiger partial charge is 0.350 e. The van der Waals surface area contributed by atoms with Gasteiger partial charge >= 0.3 is 0 Å². The van der Waals surface area contributed by atoms with Gasteiger partial charge in [-0.05, 0) is 25.8 Å². The van der Waals surface area contributed by atoms with E-state index in [1.165, 1.54) is 6.20 Å². The Bertz CT molecular complexity index is 615. The van der Waals surface area contributed by atoms with Gasteiger partial charge in [-0.3, -0.25) is 9.89 Å². The van der Waals surface area contributed by atoms with Crippen LogP contribution in [0.25, 0.3) is 11.0 Å². The average molecular weight is 275 g/mol. The van der Waals surface area contributed by atoms with Gasteiger partial charge in [0.15, 0.2) is 5.65 Å². The molecule has 0 aromatic carbocycles. The van der Waals surface area contributed by atoms with Crippen LogP contribution in [0, 0.1) is 6.92 Å². The third-order valence-corrected chi connectivity index (χ3v) is 3.87. The summed E-state index contributed by atoms with van der Waals surface area (Å²) in [6.07, 6.45) is 3.18. The van der Waals surface area contributed by atoms with Crippen molar-refractivity contribution in [2.75, 3.05) is 6.54 Å². The molecule has 0 saturated carbocycles. The van der Waals surface area contributed by atoms with Crippen LogP contribution < -0.4 is 11.1 Å². The van der Waals surface area contributed by atoms with Gasteiger partial charge in [0.25, 0.3) is 5.91 Å². The minimum atomic E-state index is -0.348. The van der Waals surface area contributed by atoms with E-state index in [1.54, 1.807) is 6.07 Å². The van der Waals surface area contributed by atoms with Crippen LogP contribution in [0.15, 0.2) is 12.3 Å². The first-order chi connectivity index (χ1) is 9.49. The van der Waals surface area contributed by atoms with Crippen LogP contribution in [0.1, 0.15) is 42.7 Å². The normalized spacial score (nSPS) is 11.8. The van der Waals surface area contributed by atoms with Gasteiger partial charge in [-0.2, -0.15) is 5.10 Å².